The first-order valence-electron chi connectivity index (χ1n) is 9.62. The third-order valence-electron chi connectivity index (χ3n) is 5.87. The van der Waals surface area contributed by atoms with E-state index >= 15 is 0 Å². The van der Waals surface area contributed by atoms with Crippen LogP contribution in [0.25, 0.3) is 10.9 Å². The number of nitrogens with one attached hydrogen (secondary N) is 1. The average Bonchev–Trinajstić information content (AvgIpc) is 2.67. The molecule has 1 aromatic heterocycles. The third kappa shape index (κ3) is 2.49. The van der Waals surface area contributed by atoms with Gasteiger partial charge in [0.05, 0.1) is 5.52 Å². The number of hydrogen-bond acceptors (Lipinski definition) is 3. The Morgan fingerprint density at radius 1 is 1.00 bits per heavy atom. The molecule has 1 aliphatic carbocycles. The maximum Gasteiger partial charge on any atom is 0.161 e. The quantitative estimate of drug-likeness (QED) is 0.635. The first kappa shape index (κ1) is 16.2. The monoisotopic (exact) mass is 354 g/mol. The van der Waals surface area contributed by atoms with Gasteiger partial charge in [-0.05, 0) is 61.6 Å². The molecule has 1 aliphatic heterocycles. The lowest BCUT2D eigenvalue weighted by Crippen LogP contribution is -2.27. The molecule has 0 radical (unpaired) electrons. The molecule has 0 saturated carbocycles. The molecule has 1 N–H and O–H groups in total. The minimum absolute atomic E-state index is 0.0292. The van der Waals surface area contributed by atoms with Crippen LogP contribution in [0.3, 0.4) is 0 Å². The Morgan fingerprint density at radius 3 is 2.70 bits per heavy atom. The van der Waals surface area contributed by atoms with Gasteiger partial charge in [-0.25, -0.2) is 0 Å². The molecule has 3 heteroatoms. The largest absolute Gasteiger partial charge is 0.358 e. The zero-order valence-corrected chi connectivity index (χ0v) is 15.7. The summed E-state index contributed by atoms with van der Waals surface area (Å²) in [6, 6.07) is 16.9. The van der Waals surface area contributed by atoms with Crippen LogP contribution in [0.1, 0.15) is 47.6 Å². The number of anilines is 1. The fourth-order valence-corrected chi connectivity index (χ4v) is 4.61. The van der Waals surface area contributed by atoms with Gasteiger partial charge in [0.25, 0.3) is 0 Å². The second kappa shape index (κ2) is 6.05. The van der Waals surface area contributed by atoms with Crippen molar-refractivity contribution < 1.29 is 4.79 Å². The molecule has 3 nitrogen and oxygen atoms in total. The highest BCUT2D eigenvalue weighted by molar-refractivity contribution is 6.03. The maximum atomic E-state index is 13.0. The highest BCUT2D eigenvalue weighted by Gasteiger charge is 2.36. The van der Waals surface area contributed by atoms with Crippen LogP contribution in [0.15, 0.2) is 59.8 Å². The molecule has 0 amide bonds. The molecular weight excluding hydrogens is 332 g/mol. The number of pyridine rings is 1. The van der Waals surface area contributed by atoms with E-state index in [2.05, 4.69) is 60.8 Å². The van der Waals surface area contributed by atoms with Crippen LogP contribution >= 0.6 is 0 Å². The number of aryl methyl sites for hydroxylation is 2. The van der Waals surface area contributed by atoms with Crippen molar-refractivity contribution in [1.82, 2.24) is 4.98 Å². The zero-order chi connectivity index (χ0) is 18.5. The van der Waals surface area contributed by atoms with Crippen LogP contribution in [0.5, 0.6) is 0 Å². The summed E-state index contributed by atoms with van der Waals surface area (Å²) in [4.78, 5) is 17.7. The molecule has 3 aromatic rings. The number of rotatable bonds is 1. The number of aromatic nitrogens is 1. The molecular formula is C24H22N2O. The summed E-state index contributed by atoms with van der Waals surface area (Å²) in [5.74, 6) is 0.248. The Morgan fingerprint density at radius 2 is 1.85 bits per heavy atom. The topological polar surface area (TPSA) is 42.0 Å². The normalized spacial score (nSPS) is 18.9. The number of fused-ring (bicyclic) bond motifs is 3. The predicted octanol–water partition coefficient (Wildman–Crippen LogP) is 5.42. The number of carbonyl (C=O) groups excluding carboxylic acids is 1. The van der Waals surface area contributed by atoms with Gasteiger partial charge in [-0.3, -0.25) is 9.78 Å². The number of Topliss-reactive ketones (excluding diaryl/α,β-unsaturated/α-hetero) is 1. The second-order valence-electron chi connectivity index (χ2n) is 7.63. The molecule has 2 aromatic carbocycles. The molecule has 1 atom stereocenters. The first-order chi connectivity index (χ1) is 13.1. The Hall–Kier alpha value is -2.94. The summed E-state index contributed by atoms with van der Waals surface area (Å²) in [6.45, 7) is 4.15. The molecule has 2 heterocycles. The third-order valence-corrected chi connectivity index (χ3v) is 5.87. The van der Waals surface area contributed by atoms with Crippen molar-refractivity contribution in [2.45, 2.75) is 39.0 Å². The second-order valence-corrected chi connectivity index (χ2v) is 7.63. The van der Waals surface area contributed by atoms with Gasteiger partial charge in [-0.1, -0.05) is 30.3 Å². The lowest BCUT2D eigenvalue weighted by atomic mass is 9.73. The highest BCUT2D eigenvalue weighted by Crippen LogP contribution is 2.48. The number of benzene rings is 2. The van der Waals surface area contributed by atoms with E-state index in [9.17, 15) is 4.79 Å². The molecule has 2 aliphatic rings. The minimum atomic E-state index is -0.0292. The summed E-state index contributed by atoms with van der Waals surface area (Å²) in [5.41, 5.74) is 8.78. The van der Waals surface area contributed by atoms with Gasteiger partial charge in [0.15, 0.2) is 5.78 Å². The predicted molar refractivity (Wildman–Crippen MR) is 109 cm³/mol. The fraction of sp³-hybridized carbons (Fsp3) is 0.250. The summed E-state index contributed by atoms with van der Waals surface area (Å²) < 4.78 is 0. The van der Waals surface area contributed by atoms with Crippen LogP contribution in [0.2, 0.25) is 0 Å². The SMILES string of the molecule is Cc1ccc2c3c(ccc2n1)NC1=C(C(=O)CCC1)[C@H]3c1ccccc1C. The number of ketones is 1. The van der Waals surface area contributed by atoms with Gasteiger partial charge < -0.3 is 5.32 Å². The van der Waals surface area contributed by atoms with E-state index in [1.54, 1.807) is 0 Å². The average molecular weight is 354 g/mol. The smallest absolute Gasteiger partial charge is 0.161 e. The van der Waals surface area contributed by atoms with E-state index in [1.165, 1.54) is 16.7 Å². The summed E-state index contributed by atoms with van der Waals surface area (Å²) in [6.07, 6.45) is 2.50. The number of nitrogens with zero attached hydrogens (tertiary/aromatic N) is 1. The molecule has 0 saturated heterocycles. The van der Waals surface area contributed by atoms with Gasteiger partial charge in [0.2, 0.25) is 0 Å². The number of carbonyl (C=O) groups is 1. The van der Waals surface area contributed by atoms with Crippen LogP contribution < -0.4 is 5.32 Å². The van der Waals surface area contributed by atoms with E-state index in [0.717, 1.165) is 46.4 Å². The van der Waals surface area contributed by atoms with Crippen molar-refractivity contribution in [3.05, 3.63) is 82.2 Å². The van der Waals surface area contributed by atoms with Gasteiger partial charge >= 0.3 is 0 Å². The van der Waals surface area contributed by atoms with E-state index in [4.69, 9.17) is 4.98 Å². The molecule has 0 fully saturated rings. The minimum Gasteiger partial charge on any atom is -0.358 e. The van der Waals surface area contributed by atoms with E-state index in [-0.39, 0.29) is 11.7 Å². The zero-order valence-electron chi connectivity index (χ0n) is 15.7. The fourth-order valence-electron chi connectivity index (χ4n) is 4.61. The van der Waals surface area contributed by atoms with Crippen molar-refractivity contribution >= 4 is 22.4 Å². The van der Waals surface area contributed by atoms with Gasteiger partial charge in [0, 0.05) is 40.4 Å². The van der Waals surface area contributed by atoms with Crippen LogP contribution in [0, 0.1) is 13.8 Å². The number of hydrogen-bond donors (Lipinski definition) is 1. The van der Waals surface area contributed by atoms with Crippen LogP contribution in [-0.2, 0) is 4.79 Å². The summed E-state index contributed by atoms with van der Waals surface area (Å²) in [7, 11) is 0. The maximum absolute atomic E-state index is 13.0. The summed E-state index contributed by atoms with van der Waals surface area (Å²) in [5, 5.41) is 4.71. The van der Waals surface area contributed by atoms with Crippen LogP contribution in [0.4, 0.5) is 5.69 Å². The van der Waals surface area contributed by atoms with Crippen molar-refractivity contribution in [3.8, 4) is 0 Å². The Labute approximate surface area is 159 Å². The molecule has 0 unspecified atom stereocenters. The molecule has 134 valence electrons. The van der Waals surface area contributed by atoms with Crippen LogP contribution in [-0.4, -0.2) is 10.8 Å². The van der Waals surface area contributed by atoms with Gasteiger partial charge in [0.1, 0.15) is 0 Å². The standard InChI is InChI=1S/C24H22N2O/c1-14-6-3-4-7-16(14)23-22-17-11-10-15(2)25-18(17)12-13-20(22)26-19-8-5-9-21(27)24(19)23/h3-4,6-7,10-13,23,26H,5,8-9H2,1-2H3/t23-/m0/s1. The summed E-state index contributed by atoms with van der Waals surface area (Å²) >= 11 is 0. The molecule has 27 heavy (non-hydrogen) atoms. The highest BCUT2D eigenvalue weighted by atomic mass is 16.1. The lowest BCUT2D eigenvalue weighted by molar-refractivity contribution is -0.116. The van der Waals surface area contributed by atoms with E-state index in [1.807, 2.05) is 6.92 Å². The molecule has 0 spiro atoms. The lowest BCUT2D eigenvalue weighted by Gasteiger charge is -2.35. The van der Waals surface area contributed by atoms with Crippen molar-refractivity contribution in [2.75, 3.05) is 5.32 Å². The van der Waals surface area contributed by atoms with Gasteiger partial charge in [-0.2, -0.15) is 0 Å². The molecule has 5 rings (SSSR count). The van der Waals surface area contributed by atoms with Gasteiger partial charge in [-0.15, -0.1) is 0 Å². The van der Waals surface area contributed by atoms with Crippen molar-refractivity contribution in [2.24, 2.45) is 0 Å². The Bertz CT molecular complexity index is 1130. The number of allylic oxidation sites excluding steroid dienone is 2. The van der Waals surface area contributed by atoms with E-state index in [0.29, 0.717) is 6.42 Å². The first-order valence-corrected chi connectivity index (χ1v) is 9.62. The molecule has 0 bridgehead atoms. The van der Waals surface area contributed by atoms with Crippen molar-refractivity contribution in [1.29, 1.82) is 0 Å². The van der Waals surface area contributed by atoms with E-state index < -0.39 is 0 Å². The Balaban J connectivity index is 1.86. The Kier molecular flexibility index (Phi) is 3.64. The van der Waals surface area contributed by atoms with Crippen molar-refractivity contribution in [3.63, 3.8) is 0 Å².